The maximum Gasteiger partial charge on any atom is 0.264 e. The minimum Gasteiger partial charge on any atom is -0.497 e. The highest BCUT2D eigenvalue weighted by Crippen LogP contribution is 2.27. The number of anilines is 1. The second kappa shape index (κ2) is 13.0. The fourth-order valence-corrected chi connectivity index (χ4v) is 5.68. The quantitative estimate of drug-likeness (QED) is 0.356. The SMILES string of the molecule is CC[C@H](C(=O)NC(C)(C)C)N(Cc1ccccc1)C(=O)CN(c1ccc(OC)cc1)S(=O)(=O)c1ccc(C)cc1. The summed E-state index contributed by atoms with van der Waals surface area (Å²) >= 11 is 0. The van der Waals surface area contributed by atoms with Crippen molar-refractivity contribution in [3.63, 3.8) is 0 Å². The van der Waals surface area contributed by atoms with Crippen molar-refractivity contribution in [3.8, 4) is 5.75 Å². The van der Waals surface area contributed by atoms with Gasteiger partial charge in [0.25, 0.3) is 10.0 Å². The van der Waals surface area contributed by atoms with Crippen molar-refractivity contribution >= 4 is 27.5 Å². The number of sulfonamides is 1. The number of carbonyl (C=O) groups excluding carboxylic acids is 2. The first kappa shape index (κ1) is 30.7. The Morgan fingerprint density at radius 1 is 0.925 bits per heavy atom. The van der Waals surface area contributed by atoms with Crippen molar-refractivity contribution in [2.45, 2.75) is 64.1 Å². The fraction of sp³-hybridized carbons (Fsp3) is 0.355. The number of methoxy groups -OCH3 is 1. The van der Waals surface area contributed by atoms with Gasteiger partial charge in [0.2, 0.25) is 11.8 Å². The lowest BCUT2D eigenvalue weighted by Crippen LogP contribution is -2.55. The molecule has 3 aromatic carbocycles. The second-order valence-electron chi connectivity index (χ2n) is 10.7. The van der Waals surface area contributed by atoms with E-state index in [-0.39, 0.29) is 17.3 Å². The number of aryl methyl sites for hydroxylation is 1. The van der Waals surface area contributed by atoms with Gasteiger partial charge in [-0.15, -0.1) is 0 Å². The van der Waals surface area contributed by atoms with Gasteiger partial charge in [-0.05, 0) is 76.1 Å². The van der Waals surface area contributed by atoms with Gasteiger partial charge in [-0.3, -0.25) is 13.9 Å². The Labute approximate surface area is 238 Å². The first-order valence-electron chi connectivity index (χ1n) is 13.2. The Hall–Kier alpha value is -3.85. The number of hydrogen-bond donors (Lipinski definition) is 1. The summed E-state index contributed by atoms with van der Waals surface area (Å²) in [6.07, 6.45) is 0.355. The Balaban J connectivity index is 2.06. The van der Waals surface area contributed by atoms with E-state index in [4.69, 9.17) is 4.74 Å². The molecule has 0 saturated heterocycles. The highest BCUT2D eigenvalue weighted by Gasteiger charge is 2.34. The van der Waals surface area contributed by atoms with Gasteiger partial charge in [-0.1, -0.05) is 55.0 Å². The smallest absolute Gasteiger partial charge is 0.264 e. The van der Waals surface area contributed by atoms with Crippen molar-refractivity contribution in [2.24, 2.45) is 0 Å². The van der Waals surface area contributed by atoms with Crippen molar-refractivity contribution < 1.29 is 22.7 Å². The molecule has 0 aliphatic carbocycles. The highest BCUT2D eigenvalue weighted by atomic mass is 32.2. The largest absolute Gasteiger partial charge is 0.497 e. The Bertz CT molecular complexity index is 1380. The van der Waals surface area contributed by atoms with Crippen LogP contribution in [-0.4, -0.2) is 50.4 Å². The van der Waals surface area contributed by atoms with Gasteiger partial charge in [0.15, 0.2) is 0 Å². The molecule has 0 aliphatic heterocycles. The maximum absolute atomic E-state index is 14.1. The standard InChI is InChI=1S/C31H39N3O5S/c1-7-28(30(36)32-31(3,4)5)33(21-24-11-9-8-10-12-24)29(35)22-34(25-15-17-26(39-6)18-16-25)40(37,38)27-19-13-23(2)14-20-27/h8-20,28H,7,21-22H2,1-6H3,(H,32,36)/t28-/m1/s1. The summed E-state index contributed by atoms with van der Waals surface area (Å²) in [4.78, 5) is 29.0. The molecule has 3 aromatic rings. The summed E-state index contributed by atoms with van der Waals surface area (Å²) in [6.45, 7) is 8.99. The molecule has 8 nitrogen and oxygen atoms in total. The van der Waals surface area contributed by atoms with Gasteiger partial charge in [-0.25, -0.2) is 8.42 Å². The summed E-state index contributed by atoms with van der Waals surface area (Å²) < 4.78 is 34.2. The summed E-state index contributed by atoms with van der Waals surface area (Å²) in [5.74, 6) is -0.235. The minimum absolute atomic E-state index is 0.0637. The molecule has 40 heavy (non-hydrogen) atoms. The van der Waals surface area contributed by atoms with Gasteiger partial charge in [0.05, 0.1) is 17.7 Å². The predicted octanol–water partition coefficient (Wildman–Crippen LogP) is 4.92. The van der Waals surface area contributed by atoms with E-state index in [1.807, 2.05) is 65.0 Å². The van der Waals surface area contributed by atoms with Crippen molar-refractivity contribution in [1.82, 2.24) is 10.2 Å². The number of rotatable bonds is 11. The first-order chi connectivity index (χ1) is 18.9. The van der Waals surface area contributed by atoms with Gasteiger partial charge < -0.3 is 15.0 Å². The van der Waals surface area contributed by atoms with Crippen LogP contribution in [-0.2, 0) is 26.2 Å². The monoisotopic (exact) mass is 565 g/mol. The Morgan fingerprint density at radius 2 is 1.52 bits per heavy atom. The molecular weight excluding hydrogens is 526 g/mol. The van der Waals surface area contributed by atoms with Crippen LogP contribution in [0.3, 0.4) is 0 Å². The zero-order valence-electron chi connectivity index (χ0n) is 24.0. The van der Waals surface area contributed by atoms with Crippen LogP contribution in [0.5, 0.6) is 5.75 Å². The number of amides is 2. The molecule has 9 heteroatoms. The summed E-state index contributed by atoms with van der Waals surface area (Å²) in [6, 6.07) is 21.5. The zero-order valence-corrected chi connectivity index (χ0v) is 24.9. The van der Waals surface area contributed by atoms with E-state index in [0.29, 0.717) is 17.9 Å². The van der Waals surface area contributed by atoms with E-state index in [9.17, 15) is 18.0 Å². The molecule has 214 valence electrons. The fourth-order valence-electron chi connectivity index (χ4n) is 4.27. The van der Waals surface area contributed by atoms with Crippen molar-refractivity contribution in [1.29, 1.82) is 0 Å². The van der Waals surface area contributed by atoms with E-state index < -0.39 is 34.1 Å². The minimum atomic E-state index is -4.13. The lowest BCUT2D eigenvalue weighted by molar-refractivity contribution is -0.141. The molecule has 3 rings (SSSR count). The second-order valence-corrected chi connectivity index (χ2v) is 12.6. The average molecular weight is 566 g/mol. The number of nitrogens with one attached hydrogen (secondary N) is 1. The average Bonchev–Trinajstić information content (AvgIpc) is 2.91. The Kier molecular flexibility index (Phi) is 9.98. The van der Waals surface area contributed by atoms with Gasteiger partial charge in [-0.2, -0.15) is 0 Å². The molecule has 0 aliphatic rings. The number of ether oxygens (including phenoxy) is 1. The third-order valence-corrected chi connectivity index (χ3v) is 8.12. The molecule has 1 N–H and O–H groups in total. The highest BCUT2D eigenvalue weighted by molar-refractivity contribution is 7.92. The maximum atomic E-state index is 14.1. The third kappa shape index (κ3) is 7.85. The zero-order chi connectivity index (χ0) is 29.5. The molecule has 1 atom stereocenters. The number of hydrogen-bond acceptors (Lipinski definition) is 5. The van der Waals surface area contributed by atoms with Gasteiger partial charge in [0, 0.05) is 12.1 Å². The van der Waals surface area contributed by atoms with E-state index in [0.717, 1.165) is 15.4 Å². The van der Waals surface area contributed by atoms with Crippen LogP contribution in [0.1, 0.15) is 45.2 Å². The molecule has 0 saturated carbocycles. The molecule has 0 heterocycles. The van der Waals surface area contributed by atoms with E-state index in [2.05, 4.69) is 5.32 Å². The van der Waals surface area contributed by atoms with Crippen LogP contribution >= 0.6 is 0 Å². The van der Waals surface area contributed by atoms with Crippen LogP contribution in [0, 0.1) is 6.92 Å². The number of benzene rings is 3. The first-order valence-corrected chi connectivity index (χ1v) is 14.7. The van der Waals surface area contributed by atoms with Gasteiger partial charge >= 0.3 is 0 Å². The summed E-state index contributed by atoms with van der Waals surface area (Å²) in [5.41, 5.74) is 1.54. The molecule has 0 unspecified atom stereocenters. The van der Waals surface area contributed by atoms with Crippen LogP contribution in [0.15, 0.2) is 83.8 Å². The molecule has 0 fully saturated rings. The predicted molar refractivity (Wildman–Crippen MR) is 158 cm³/mol. The summed E-state index contributed by atoms with van der Waals surface area (Å²) in [7, 11) is -2.61. The molecule has 0 spiro atoms. The van der Waals surface area contributed by atoms with Crippen LogP contribution < -0.4 is 14.4 Å². The van der Waals surface area contributed by atoms with Crippen LogP contribution in [0.2, 0.25) is 0 Å². The molecule has 2 amide bonds. The van der Waals surface area contributed by atoms with Crippen LogP contribution in [0.4, 0.5) is 5.69 Å². The molecule has 0 bridgehead atoms. The summed E-state index contributed by atoms with van der Waals surface area (Å²) in [5, 5.41) is 2.97. The number of carbonyl (C=O) groups is 2. The molecule has 0 radical (unpaired) electrons. The van der Waals surface area contributed by atoms with E-state index >= 15 is 0 Å². The topological polar surface area (TPSA) is 96.0 Å². The van der Waals surface area contributed by atoms with Crippen molar-refractivity contribution in [2.75, 3.05) is 18.0 Å². The van der Waals surface area contributed by atoms with Crippen molar-refractivity contribution in [3.05, 3.63) is 90.0 Å². The third-order valence-electron chi connectivity index (χ3n) is 6.33. The van der Waals surface area contributed by atoms with E-state index in [1.165, 1.54) is 24.1 Å². The molecular formula is C31H39N3O5S. The molecule has 0 aromatic heterocycles. The lowest BCUT2D eigenvalue weighted by Gasteiger charge is -2.34. The lowest BCUT2D eigenvalue weighted by atomic mass is 10.1. The van der Waals surface area contributed by atoms with Gasteiger partial charge in [0.1, 0.15) is 18.3 Å². The van der Waals surface area contributed by atoms with Crippen LogP contribution in [0.25, 0.3) is 0 Å². The van der Waals surface area contributed by atoms with E-state index in [1.54, 1.807) is 36.4 Å². The Morgan fingerprint density at radius 3 is 2.05 bits per heavy atom. The number of nitrogens with zero attached hydrogens (tertiary/aromatic N) is 2. The normalized spacial score (nSPS) is 12.3.